The number of pyridine rings is 1. The molecule has 0 spiro atoms. The second kappa shape index (κ2) is 7.36. The predicted octanol–water partition coefficient (Wildman–Crippen LogP) is 6.80. The van der Waals surface area contributed by atoms with Crippen LogP contribution in [0.3, 0.4) is 0 Å². The average Bonchev–Trinajstić information content (AvgIpc) is 2.72. The first-order valence-corrected chi connectivity index (χ1v) is 17.4. The Hall–Kier alpha value is -2.13. The van der Waals surface area contributed by atoms with E-state index in [0.717, 1.165) is 21.2 Å². The zero-order valence-electron chi connectivity index (χ0n) is 19.4. The van der Waals surface area contributed by atoms with Gasteiger partial charge in [-0.15, -0.1) is 0 Å². The van der Waals surface area contributed by atoms with Gasteiger partial charge in [0, 0.05) is 0 Å². The summed E-state index contributed by atoms with van der Waals surface area (Å²) in [5, 5.41) is 4.90. The van der Waals surface area contributed by atoms with E-state index in [4.69, 9.17) is 7.73 Å². The van der Waals surface area contributed by atoms with Crippen molar-refractivity contribution in [2.45, 2.75) is 37.5 Å². The van der Waals surface area contributed by atoms with Crippen LogP contribution in [-0.2, 0) is 6.37 Å². The van der Waals surface area contributed by atoms with Crippen LogP contribution >= 0.6 is 0 Å². The molecule has 4 aromatic rings. The summed E-state index contributed by atoms with van der Waals surface area (Å²) in [6.45, 7) is 3.92. The Morgan fingerprint density at radius 2 is 1.61 bits per heavy atom. The van der Waals surface area contributed by atoms with Crippen molar-refractivity contribution in [2.75, 3.05) is 0 Å². The number of benzene rings is 3. The molecule has 1 heterocycles. The van der Waals surface area contributed by atoms with E-state index in [-0.39, 0.29) is 5.92 Å². The zero-order valence-corrected chi connectivity index (χ0v) is 19.5. The second-order valence-electron chi connectivity index (χ2n) is 8.89. The van der Waals surface area contributed by atoms with E-state index >= 15 is 0 Å². The van der Waals surface area contributed by atoms with Crippen molar-refractivity contribution in [2.24, 2.45) is 5.92 Å². The molecule has 4 rings (SSSR count). The van der Waals surface area contributed by atoms with Crippen LogP contribution in [0.5, 0.6) is 0 Å². The minimum absolute atomic E-state index is 0.0979. The Kier molecular flexibility index (Phi) is 4.42. The van der Waals surface area contributed by atoms with Crippen LogP contribution in [0.4, 0.5) is 0 Å². The van der Waals surface area contributed by atoms with E-state index in [1.807, 2.05) is 26.1 Å². The van der Waals surface area contributed by atoms with E-state index in [0.29, 0.717) is 0 Å². The fourth-order valence-corrected chi connectivity index (χ4v) is 6.76. The molecule has 3 aromatic carbocycles. The fraction of sp³-hybridized carbons (Fsp3) is 0.269. The van der Waals surface area contributed by atoms with Crippen molar-refractivity contribution >= 4 is 39.2 Å². The molecule has 1 nitrogen and oxygen atoms in total. The topological polar surface area (TPSA) is 12.9 Å². The van der Waals surface area contributed by atoms with Crippen molar-refractivity contribution < 1.29 is 2.74 Å². The van der Waals surface area contributed by atoms with Gasteiger partial charge in [0.1, 0.15) is 0 Å². The Morgan fingerprint density at radius 1 is 0.893 bits per heavy atom. The Bertz CT molecular complexity index is 1240. The number of hydrogen-bond donors (Lipinski definition) is 0. The molecule has 0 N–H and O–H groups in total. The van der Waals surface area contributed by atoms with Gasteiger partial charge in [-0.1, -0.05) is 0 Å². The molecule has 0 unspecified atom stereocenters. The Labute approximate surface area is 174 Å². The summed E-state index contributed by atoms with van der Waals surface area (Å²) < 4.78 is 18.7. The third-order valence-electron chi connectivity index (χ3n) is 5.20. The van der Waals surface area contributed by atoms with Crippen LogP contribution in [0.1, 0.15) is 22.2 Å². The molecule has 0 aliphatic rings. The fourth-order valence-electron chi connectivity index (χ4n) is 3.81. The first kappa shape index (κ1) is 16.8. The summed E-state index contributed by atoms with van der Waals surface area (Å²) in [4.78, 5) is 4.80. The molecule has 0 bridgehead atoms. The third kappa shape index (κ3) is 3.73. The minimum atomic E-state index is -2.28. The molecule has 0 radical (unpaired) electrons. The van der Waals surface area contributed by atoms with Crippen molar-refractivity contribution in [1.82, 2.24) is 4.98 Å². The number of hydrogen-bond acceptors (Lipinski definition) is 1. The van der Waals surface area contributed by atoms with Gasteiger partial charge in [-0.25, -0.2) is 0 Å². The molecular weight excluding hydrogens is 399 g/mol. The molecule has 0 saturated heterocycles. The molecule has 0 atom stereocenters. The molecular formula is C26H29GeN. The normalized spacial score (nSPS) is 13.8. The van der Waals surface area contributed by atoms with Crippen LogP contribution in [-0.4, -0.2) is 18.3 Å². The van der Waals surface area contributed by atoms with Crippen molar-refractivity contribution in [3.63, 3.8) is 0 Å². The van der Waals surface area contributed by atoms with E-state index < -0.39 is 19.6 Å². The van der Waals surface area contributed by atoms with Gasteiger partial charge in [0.2, 0.25) is 0 Å². The quantitative estimate of drug-likeness (QED) is 0.256. The maximum absolute atomic E-state index is 8.79. The summed E-state index contributed by atoms with van der Waals surface area (Å²) in [5.41, 5.74) is 2.71. The van der Waals surface area contributed by atoms with Crippen molar-refractivity contribution in [1.29, 1.82) is 0 Å². The van der Waals surface area contributed by atoms with Gasteiger partial charge in [0.15, 0.2) is 0 Å². The van der Waals surface area contributed by atoms with Gasteiger partial charge in [-0.2, -0.15) is 0 Å². The second-order valence-corrected chi connectivity index (χ2v) is 19.5. The summed E-state index contributed by atoms with van der Waals surface area (Å²) in [7, 11) is 0. The van der Waals surface area contributed by atoms with E-state index in [2.05, 4.69) is 71.9 Å². The van der Waals surface area contributed by atoms with Gasteiger partial charge in [-0.05, 0) is 0 Å². The van der Waals surface area contributed by atoms with Gasteiger partial charge >= 0.3 is 174 Å². The van der Waals surface area contributed by atoms with Gasteiger partial charge in [-0.3, -0.25) is 0 Å². The van der Waals surface area contributed by atoms with Gasteiger partial charge in [0.05, 0.1) is 0 Å². The number of aromatic nitrogens is 1. The molecule has 2 heteroatoms. The Balaban J connectivity index is 1.90. The van der Waals surface area contributed by atoms with Gasteiger partial charge < -0.3 is 0 Å². The monoisotopic (exact) mass is 431 g/mol. The predicted molar refractivity (Wildman–Crippen MR) is 126 cm³/mol. The molecule has 28 heavy (non-hydrogen) atoms. The Morgan fingerprint density at radius 3 is 2.36 bits per heavy atom. The molecule has 1 aromatic heterocycles. The van der Waals surface area contributed by atoms with E-state index in [1.165, 1.54) is 21.5 Å². The van der Waals surface area contributed by atoms with Crippen LogP contribution in [0.25, 0.3) is 32.8 Å². The van der Waals surface area contributed by atoms with E-state index in [1.54, 1.807) is 0 Å². The van der Waals surface area contributed by atoms with Crippen molar-refractivity contribution in [3.8, 4) is 11.3 Å². The molecule has 0 saturated carbocycles. The zero-order chi connectivity index (χ0) is 21.7. The first-order valence-electron chi connectivity index (χ1n) is 11.0. The van der Waals surface area contributed by atoms with Crippen molar-refractivity contribution in [3.05, 3.63) is 72.4 Å². The molecule has 0 amide bonds. The number of nitrogens with zero attached hydrogens (tertiary/aromatic N) is 1. The molecule has 0 aliphatic heterocycles. The summed E-state index contributed by atoms with van der Waals surface area (Å²) in [6, 6.07) is 21.2. The van der Waals surface area contributed by atoms with Crippen LogP contribution < -0.4 is 4.40 Å². The van der Waals surface area contributed by atoms with Crippen LogP contribution in [0.2, 0.25) is 17.3 Å². The summed E-state index contributed by atoms with van der Waals surface area (Å²) in [5.74, 6) is 6.81. The molecule has 142 valence electrons. The standard InChI is InChI=1S/C26H29GeN/c1-18(2)14-22-16-26(28-17-25(22)27(3,4)5)21-12-13-24-20(15-21)11-10-19-8-6-7-9-23(19)24/h6-13,15-18H,14H2,1-5H3/i14D2. The number of rotatable bonds is 4. The van der Waals surface area contributed by atoms with Gasteiger partial charge in [0.25, 0.3) is 0 Å². The average molecular weight is 430 g/mol. The number of fused-ring (bicyclic) bond motifs is 3. The molecule has 0 fully saturated rings. The SMILES string of the molecule is [2H]C([2H])(c1cc(-c2ccc3c(ccc4ccccc43)c2)nc[c]1[Ge]([CH3])([CH3])[CH3])C(C)C. The van der Waals surface area contributed by atoms with E-state index in [9.17, 15) is 0 Å². The van der Waals surface area contributed by atoms with Crippen LogP contribution in [0.15, 0.2) is 66.9 Å². The summed E-state index contributed by atoms with van der Waals surface area (Å²) >= 11 is -2.28. The maximum atomic E-state index is 8.79. The summed E-state index contributed by atoms with van der Waals surface area (Å²) in [6.07, 6.45) is 0.577. The first-order chi connectivity index (χ1) is 14.1. The molecule has 0 aliphatic carbocycles. The third-order valence-corrected chi connectivity index (χ3v) is 9.42. The van der Waals surface area contributed by atoms with Crippen LogP contribution in [0, 0.1) is 5.92 Å².